The van der Waals surface area contributed by atoms with Crippen molar-refractivity contribution in [1.82, 2.24) is 0 Å². The molecule has 1 aliphatic rings. The molecule has 1 N–H and O–H groups in total. The van der Waals surface area contributed by atoms with Crippen molar-refractivity contribution >= 4 is 17.1 Å². The maximum Gasteiger partial charge on any atom is 0.418 e. The van der Waals surface area contributed by atoms with Crippen molar-refractivity contribution in [2.45, 2.75) is 6.18 Å². The van der Waals surface area contributed by atoms with Crippen LogP contribution in [0, 0.1) is 21.4 Å². The zero-order valence-corrected chi connectivity index (χ0v) is 11.9. The fourth-order valence-corrected chi connectivity index (χ4v) is 2.30. The summed E-state index contributed by atoms with van der Waals surface area (Å²) in [6.45, 7) is 0.788. The summed E-state index contributed by atoms with van der Waals surface area (Å²) in [5, 5.41) is 22.1. The number of hydrogen-bond donors (Lipinski definition) is 1. The Bertz CT molecular complexity index is 637. The van der Waals surface area contributed by atoms with Gasteiger partial charge in [-0.3, -0.25) is 10.1 Å². The van der Waals surface area contributed by atoms with Crippen LogP contribution < -0.4 is 10.2 Å². The van der Waals surface area contributed by atoms with Gasteiger partial charge in [0.2, 0.25) is 0 Å². The summed E-state index contributed by atoms with van der Waals surface area (Å²) in [4.78, 5) is 11.6. The Morgan fingerprint density at radius 1 is 1.39 bits per heavy atom. The number of nitrogens with one attached hydrogen (secondary N) is 1. The quantitative estimate of drug-likeness (QED) is 0.518. The van der Waals surface area contributed by atoms with Crippen molar-refractivity contribution in [1.29, 1.82) is 5.26 Å². The number of ether oxygens (including phenoxy) is 1. The van der Waals surface area contributed by atoms with E-state index in [1.165, 1.54) is 4.90 Å². The van der Waals surface area contributed by atoms with E-state index in [9.17, 15) is 23.3 Å². The van der Waals surface area contributed by atoms with Gasteiger partial charge in [0.1, 0.15) is 12.2 Å². The number of nitro groups is 1. The van der Waals surface area contributed by atoms with Crippen LogP contribution in [-0.4, -0.2) is 37.8 Å². The van der Waals surface area contributed by atoms with E-state index in [1.807, 2.05) is 0 Å². The lowest BCUT2D eigenvalue weighted by Gasteiger charge is -2.31. The van der Waals surface area contributed by atoms with Gasteiger partial charge in [-0.25, -0.2) is 0 Å². The van der Waals surface area contributed by atoms with E-state index < -0.39 is 22.4 Å². The molecule has 2 rings (SSSR count). The van der Waals surface area contributed by atoms with Crippen molar-refractivity contribution in [3.8, 4) is 6.07 Å². The van der Waals surface area contributed by atoms with Crippen molar-refractivity contribution in [3.63, 3.8) is 0 Å². The number of nitro benzene ring substituents is 1. The maximum absolute atomic E-state index is 13.3. The number of halogens is 3. The number of anilines is 2. The molecule has 0 atom stereocenters. The molecule has 1 aromatic carbocycles. The highest BCUT2D eigenvalue weighted by Crippen LogP contribution is 2.42. The molecule has 0 radical (unpaired) electrons. The molecule has 7 nitrogen and oxygen atoms in total. The lowest BCUT2D eigenvalue weighted by molar-refractivity contribution is -0.384. The average Bonchev–Trinajstić information content (AvgIpc) is 2.51. The Morgan fingerprint density at radius 3 is 2.57 bits per heavy atom. The number of hydrogen-bond acceptors (Lipinski definition) is 6. The van der Waals surface area contributed by atoms with Crippen LogP contribution in [0.1, 0.15) is 5.56 Å². The van der Waals surface area contributed by atoms with Crippen LogP contribution in [-0.2, 0) is 10.9 Å². The van der Waals surface area contributed by atoms with Crippen LogP contribution >= 0.6 is 0 Å². The van der Waals surface area contributed by atoms with Crippen molar-refractivity contribution < 1.29 is 22.8 Å². The number of nitrogens with zero attached hydrogens (tertiary/aromatic N) is 3. The standard InChI is InChI=1S/C13H13F3N4O3/c14-13(15,16)9-7-12(20(21)22)10(18-2-1-17)8-11(9)19-3-5-23-6-4-19/h7-8,18H,2-6H2. The second kappa shape index (κ2) is 6.70. The van der Waals surface area contributed by atoms with Crippen LogP contribution in [0.2, 0.25) is 0 Å². The smallest absolute Gasteiger partial charge is 0.378 e. The second-order valence-electron chi connectivity index (χ2n) is 4.75. The van der Waals surface area contributed by atoms with Crippen LogP contribution in [0.25, 0.3) is 0 Å². The first-order valence-electron chi connectivity index (χ1n) is 6.67. The monoisotopic (exact) mass is 330 g/mol. The first kappa shape index (κ1) is 16.8. The molecule has 1 aliphatic heterocycles. The van der Waals surface area contributed by atoms with Gasteiger partial charge < -0.3 is 15.0 Å². The molecular weight excluding hydrogens is 317 g/mol. The van der Waals surface area contributed by atoms with E-state index in [2.05, 4.69) is 5.32 Å². The first-order valence-corrected chi connectivity index (χ1v) is 6.67. The predicted molar refractivity (Wildman–Crippen MR) is 75.2 cm³/mol. The Kier molecular flexibility index (Phi) is 4.90. The number of benzene rings is 1. The molecule has 0 spiro atoms. The molecule has 0 aromatic heterocycles. The fourth-order valence-electron chi connectivity index (χ4n) is 2.30. The largest absolute Gasteiger partial charge is 0.418 e. The Hall–Kier alpha value is -2.54. The topological polar surface area (TPSA) is 91.4 Å². The molecule has 10 heteroatoms. The zero-order chi connectivity index (χ0) is 17.0. The van der Waals surface area contributed by atoms with Gasteiger partial charge in [-0.1, -0.05) is 0 Å². The molecule has 124 valence electrons. The number of morpholine rings is 1. The minimum absolute atomic E-state index is 0.119. The molecule has 0 bridgehead atoms. The van der Waals surface area contributed by atoms with E-state index >= 15 is 0 Å². The average molecular weight is 330 g/mol. The van der Waals surface area contributed by atoms with Crippen molar-refractivity contribution in [3.05, 3.63) is 27.8 Å². The van der Waals surface area contributed by atoms with Gasteiger partial charge in [0, 0.05) is 19.2 Å². The summed E-state index contributed by atoms with van der Waals surface area (Å²) in [5.41, 5.74) is -2.07. The zero-order valence-electron chi connectivity index (χ0n) is 11.9. The van der Waals surface area contributed by atoms with E-state index in [-0.39, 0.29) is 44.2 Å². The Morgan fingerprint density at radius 2 is 2.04 bits per heavy atom. The van der Waals surface area contributed by atoms with Crippen LogP contribution in [0.5, 0.6) is 0 Å². The normalized spacial score (nSPS) is 15.1. The molecule has 23 heavy (non-hydrogen) atoms. The Labute approximate surface area is 129 Å². The van der Waals surface area contributed by atoms with Crippen LogP contribution in [0.3, 0.4) is 0 Å². The van der Waals surface area contributed by atoms with Crippen LogP contribution in [0.15, 0.2) is 12.1 Å². The fraction of sp³-hybridized carbons (Fsp3) is 0.462. The van der Waals surface area contributed by atoms with Gasteiger partial charge in [-0.2, -0.15) is 18.4 Å². The molecular formula is C13H13F3N4O3. The van der Waals surface area contributed by atoms with Gasteiger partial charge in [-0.15, -0.1) is 0 Å². The lowest BCUT2D eigenvalue weighted by atomic mass is 10.1. The summed E-state index contributed by atoms with van der Waals surface area (Å²) in [6.07, 6.45) is -4.73. The molecule has 0 saturated carbocycles. The summed E-state index contributed by atoms with van der Waals surface area (Å²) in [5.74, 6) is 0. The SMILES string of the molecule is N#CCNc1cc(N2CCOCC2)c(C(F)(F)F)cc1[N+](=O)[O-]. The van der Waals surface area contributed by atoms with Crippen LogP contribution in [0.4, 0.5) is 30.2 Å². The summed E-state index contributed by atoms with van der Waals surface area (Å²) in [7, 11) is 0. The molecule has 0 aliphatic carbocycles. The van der Waals surface area contributed by atoms with Gasteiger partial charge in [0.05, 0.1) is 35.5 Å². The summed E-state index contributed by atoms with van der Waals surface area (Å²) in [6, 6.07) is 3.31. The minimum Gasteiger partial charge on any atom is -0.378 e. The lowest BCUT2D eigenvalue weighted by Crippen LogP contribution is -2.37. The predicted octanol–water partition coefficient (Wildman–Crippen LogP) is 2.39. The van der Waals surface area contributed by atoms with E-state index in [0.717, 1.165) is 6.07 Å². The molecule has 1 fully saturated rings. The van der Waals surface area contributed by atoms with Gasteiger partial charge in [-0.05, 0) is 6.07 Å². The third-order valence-electron chi connectivity index (χ3n) is 3.33. The van der Waals surface area contributed by atoms with Gasteiger partial charge in [0.15, 0.2) is 0 Å². The molecule has 0 amide bonds. The summed E-state index contributed by atoms with van der Waals surface area (Å²) < 4.78 is 44.9. The highest BCUT2D eigenvalue weighted by Gasteiger charge is 2.38. The van der Waals surface area contributed by atoms with E-state index in [0.29, 0.717) is 6.07 Å². The number of nitriles is 1. The highest BCUT2D eigenvalue weighted by molar-refractivity contribution is 5.73. The van der Waals surface area contributed by atoms with E-state index in [1.54, 1.807) is 6.07 Å². The Balaban J connectivity index is 2.56. The first-order chi connectivity index (χ1) is 10.8. The molecule has 1 heterocycles. The second-order valence-corrected chi connectivity index (χ2v) is 4.75. The molecule has 1 aromatic rings. The molecule has 1 saturated heterocycles. The minimum atomic E-state index is -4.73. The van der Waals surface area contributed by atoms with Crippen molar-refractivity contribution in [2.75, 3.05) is 43.1 Å². The third kappa shape index (κ3) is 3.81. The highest BCUT2D eigenvalue weighted by atomic mass is 19.4. The van der Waals surface area contributed by atoms with Gasteiger partial charge in [0.25, 0.3) is 5.69 Å². The summed E-state index contributed by atoms with van der Waals surface area (Å²) >= 11 is 0. The molecule has 0 unspecified atom stereocenters. The number of rotatable bonds is 4. The van der Waals surface area contributed by atoms with E-state index in [4.69, 9.17) is 10.00 Å². The van der Waals surface area contributed by atoms with Crippen molar-refractivity contribution in [2.24, 2.45) is 0 Å². The number of alkyl halides is 3. The third-order valence-corrected chi connectivity index (χ3v) is 3.33. The van der Waals surface area contributed by atoms with Gasteiger partial charge >= 0.3 is 6.18 Å². The maximum atomic E-state index is 13.3.